The molecule has 1 aliphatic heterocycles. The van der Waals surface area contributed by atoms with E-state index in [9.17, 15) is 9.90 Å². The van der Waals surface area contributed by atoms with Crippen molar-refractivity contribution >= 4 is 5.91 Å². The Morgan fingerprint density at radius 3 is 3.18 bits per heavy atom. The van der Waals surface area contributed by atoms with Crippen LogP contribution in [0, 0.1) is 0 Å². The Hall–Kier alpha value is -1.40. The molecule has 2 unspecified atom stereocenters. The van der Waals surface area contributed by atoms with Crippen molar-refractivity contribution in [3.05, 3.63) is 17.8 Å². The van der Waals surface area contributed by atoms with Crippen LogP contribution < -0.4 is 5.32 Å². The van der Waals surface area contributed by atoms with E-state index in [1.807, 2.05) is 0 Å². The topological polar surface area (TPSA) is 78.6 Å². The number of hydrogen-bond acceptors (Lipinski definition) is 5. The first-order valence-corrected chi connectivity index (χ1v) is 5.70. The van der Waals surface area contributed by atoms with Gasteiger partial charge in [-0.1, -0.05) is 0 Å². The molecule has 1 amide bonds. The lowest BCUT2D eigenvalue weighted by Gasteiger charge is -2.24. The number of likely N-dealkylation sites (N-methyl/N-ethyl adjacent to an activating group) is 1. The maximum Gasteiger partial charge on any atom is 0.247 e. The third-order valence-corrected chi connectivity index (χ3v) is 2.89. The van der Waals surface area contributed by atoms with E-state index >= 15 is 0 Å². The number of aliphatic hydroxyl groups excluding tert-OH is 1. The van der Waals surface area contributed by atoms with E-state index in [-0.39, 0.29) is 5.91 Å². The summed E-state index contributed by atoms with van der Waals surface area (Å²) in [5.74, 6) is 0.509. The number of nitrogens with one attached hydrogen (secondary N) is 1. The summed E-state index contributed by atoms with van der Waals surface area (Å²) in [6, 6.07) is -0.506. The van der Waals surface area contributed by atoms with E-state index in [2.05, 4.69) is 10.3 Å². The normalized spacial score (nSPS) is 22.2. The van der Waals surface area contributed by atoms with Gasteiger partial charge in [0, 0.05) is 19.5 Å². The lowest BCUT2D eigenvalue weighted by molar-refractivity contribution is -0.134. The molecule has 1 aromatic rings. The zero-order chi connectivity index (χ0) is 12.4. The molecule has 0 saturated carbocycles. The van der Waals surface area contributed by atoms with Crippen molar-refractivity contribution in [2.24, 2.45) is 0 Å². The first kappa shape index (κ1) is 12.1. The molecular weight excluding hydrogens is 222 g/mol. The lowest BCUT2D eigenvalue weighted by atomic mass is 10.1. The Morgan fingerprint density at radius 2 is 2.53 bits per heavy atom. The van der Waals surface area contributed by atoms with Gasteiger partial charge in [-0.05, 0) is 14.0 Å². The van der Waals surface area contributed by atoms with Crippen molar-refractivity contribution < 1.29 is 14.3 Å². The highest BCUT2D eigenvalue weighted by atomic mass is 16.3. The lowest BCUT2D eigenvalue weighted by Crippen LogP contribution is -2.42. The molecule has 6 heteroatoms. The Labute approximate surface area is 99.6 Å². The van der Waals surface area contributed by atoms with E-state index in [0.717, 1.165) is 5.69 Å². The predicted molar refractivity (Wildman–Crippen MR) is 60.3 cm³/mol. The fraction of sp³-hybridized carbons (Fsp3) is 0.636. The number of carbonyl (C=O) groups excluding carboxylic acids is 1. The van der Waals surface area contributed by atoms with Crippen molar-refractivity contribution in [3.63, 3.8) is 0 Å². The minimum Gasteiger partial charge on any atom is -0.446 e. The highest BCUT2D eigenvalue weighted by molar-refractivity contribution is 5.83. The van der Waals surface area contributed by atoms with Gasteiger partial charge in [0.25, 0.3) is 0 Å². The van der Waals surface area contributed by atoms with Crippen molar-refractivity contribution in [3.8, 4) is 0 Å². The summed E-state index contributed by atoms with van der Waals surface area (Å²) in [4.78, 5) is 18.0. The average Bonchev–Trinajstić information content (AvgIpc) is 2.68. The van der Waals surface area contributed by atoms with Gasteiger partial charge >= 0.3 is 0 Å². The summed E-state index contributed by atoms with van der Waals surface area (Å²) < 4.78 is 5.28. The van der Waals surface area contributed by atoms with Gasteiger partial charge in [0.05, 0.1) is 11.8 Å². The second kappa shape index (κ2) is 4.85. The monoisotopic (exact) mass is 239 g/mol. The first-order valence-electron chi connectivity index (χ1n) is 5.70. The number of aliphatic hydroxyl groups is 1. The molecule has 1 aromatic heterocycles. The Balaban J connectivity index is 2.25. The second-order valence-corrected chi connectivity index (χ2v) is 4.27. The molecule has 2 N–H and O–H groups in total. The maximum absolute atomic E-state index is 12.2. The van der Waals surface area contributed by atoms with Crippen molar-refractivity contribution in [1.82, 2.24) is 15.2 Å². The van der Waals surface area contributed by atoms with E-state index < -0.39 is 12.1 Å². The highest BCUT2D eigenvalue weighted by Crippen LogP contribution is 2.23. The zero-order valence-corrected chi connectivity index (χ0v) is 10.0. The third kappa shape index (κ3) is 2.32. The average molecular weight is 239 g/mol. The highest BCUT2D eigenvalue weighted by Gasteiger charge is 2.33. The smallest absolute Gasteiger partial charge is 0.247 e. The number of β-amino-alcohol motifs (C(OH)–C–C–N with tert-alkyl or cyclic N) is 1. The molecule has 0 aromatic carbocycles. The summed E-state index contributed by atoms with van der Waals surface area (Å²) in [5, 5.41) is 12.3. The van der Waals surface area contributed by atoms with Crippen LogP contribution in [0.4, 0.5) is 0 Å². The van der Waals surface area contributed by atoms with Crippen molar-refractivity contribution in [2.75, 3.05) is 20.1 Å². The summed E-state index contributed by atoms with van der Waals surface area (Å²) >= 11 is 0. The minimum absolute atomic E-state index is 0.0797. The SMILES string of the molecule is CNC1C(=O)N(CC(C)O)CCc2ncoc21. The predicted octanol–water partition coefficient (Wildman–Crippen LogP) is -0.299. The number of amides is 1. The van der Waals surface area contributed by atoms with Gasteiger partial charge < -0.3 is 19.7 Å². The van der Waals surface area contributed by atoms with Crippen LogP contribution in [-0.4, -0.2) is 47.1 Å². The van der Waals surface area contributed by atoms with Crippen molar-refractivity contribution in [2.45, 2.75) is 25.5 Å². The summed E-state index contributed by atoms with van der Waals surface area (Å²) in [6.45, 7) is 2.56. The molecule has 0 radical (unpaired) electrons. The van der Waals surface area contributed by atoms with Gasteiger partial charge in [-0.3, -0.25) is 4.79 Å². The van der Waals surface area contributed by atoms with E-state index in [4.69, 9.17) is 4.42 Å². The molecule has 0 aliphatic carbocycles. The third-order valence-electron chi connectivity index (χ3n) is 2.89. The van der Waals surface area contributed by atoms with Crippen LogP contribution >= 0.6 is 0 Å². The largest absolute Gasteiger partial charge is 0.446 e. The molecule has 0 fully saturated rings. The Kier molecular flexibility index (Phi) is 3.44. The number of rotatable bonds is 3. The van der Waals surface area contributed by atoms with E-state index in [1.54, 1.807) is 18.9 Å². The Morgan fingerprint density at radius 1 is 1.76 bits per heavy atom. The number of oxazole rings is 1. The Bertz CT molecular complexity index is 402. The molecule has 0 saturated heterocycles. The molecule has 17 heavy (non-hydrogen) atoms. The first-order chi connectivity index (χ1) is 8.13. The van der Waals surface area contributed by atoms with Crippen LogP contribution in [0.1, 0.15) is 24.4 Å². The molecule has 0 bridgehead atoms. The van der Waals surface area contributed by atoms with Gasteiger partial charge in [-0.2, -0.15) is 0 Å². The van der Waals surface area contributed by atoms with Gasteiger partial charge in [0.15, 0.2) is 12.2 Å². The van der Waals surface area contributed by atoms with Crippen LogP contribution in [0.2, 0.25) is 0 Å². The van der Waals surface area contributed by atoms with Gasteiger partial charge in [0.2, 0.25) is 5.91 Å². The standard InChI is InChI=1S/C11H17N3O3/c1-7(15)5-14-4-3-8-10(17-6-13-8)9(12-2)11(14)16/h6-7,9,12,15H,3-5H2,1-2H3. The molecule has 1 aliphatic rings. The summed E-state index contributed by atoms with van der Waals surface area (Å²) in [5.41, 5.74) is 0.811. The number of aromatic nitrogens is 1. The summed E-state index contributed by atoms with van der Waals surface area (Å²) in [6.07, 6.45) is 1.49. The van der Waals surface area contributed by atoms with Crippen LogP contribution in [0.3, 0.4) is 0 Å². The number of nitrogens with zero attached hydrogens (tertiary/aromatic N) is 2. The van der Waals surface area contributed by atoms with Crippen LogP contribution in [-0.2, 0) is 11.2 Å². The number of fused-ring (bicyclic) bond motifs is 1. The molecule has 2 rings (SSSR count). The molecule has 94 valence electrons. The summed E-state index contributed by atoms with van der Waals surface area (Å²) in [7, 11) is 1.71. The maximum atomic E-state index is 12.2. The fourth-order valence-corrected chi connectivity index (χ4v) is 2.10. The molecule has 0 spiro atoms. The fourth-order valence-electron chi connectivity index (χ4n) is 2.10. The van der Waals surface area contributed by atoms with Crippen LogP contribution in [0.25, 0.3) is 0 Å². The van der Waals surface area contributed by atoms with Crippen LogP contribution in [0.5, 0.6) is 0 Å². The van der Waals surface area contributed by atoms with E-state index in [1.165, 1.54) is 6.39 Å². The van der Waals surface area contributed by atoms with Crippen LogP contribution in [0.15, 0.2) is 10.8 Å². The molecule has 6 nitrogen and oxygen atoms in total. The zero-order valence-electron chi connectivity index (χ0n) is 10.0. The van der Waals surface area contributed by atoms with E-state index in [0.29, 0.717) is 25.3 Å². The molecule has 2 atom stereocenters. The van der Waals surface area contributed by atoms with Gasteiger partial charge in [-0.25, -0.2) is 4.98 Å². The van der Waals surface area contributed by atoms with Gasteiger partial charge in [0.1, 0.15) is 6.04 Å². The van der Waals surface area contributed by atoms with Crippen molar-refractivity contribution in [1.29, 1.82) is 0 Å². The van der Waals surface area contributed by atoms with Gasteiger partial charge in [-0.15, -0.1) is 0 Å². The number of hydrogen-bond donors (Lipinski definition) is 2. The minimum atomic E-state index is -0.534. The molecule has 2 heterocycles. The second-order valence-electron chi connectivity index (χ2n) is 4.27. The molecular formula is C11H17N3O3. The number of carbonyl (C=O) groups is 1. The quantitative estimate of drug-likeness (QED) is 0.757.